The van der Waals surface area contributed by atoms with Crippen LogP contribution in [0.5, 0.6) is 11.5 Å². The van der Waals surface area contributed by atoms with Gasteiger partial charge in [0.25, 0.3) is 0 Å². The first kappa shape index (κ1) is 17.5. The number of amides is 1. The van der Waals surface area contributed by atoms with Crippen molar-refractivity contribution in [2.45, 2.75) is 50.8 Å². The Balaban J connectivity index is 1.62. The van der Waals surface area contributed by atoms with E-state index in [1.165, 1.54) is 25.7 Å². The Morgan fingerprint density at radius 2 is 1.92 bits per heavy atom. The average Bonchev–Trinajstić information content (AvgIpc) is 3.10. The molecule has 1 amide bonds. The van der Waals surface area contributed by atoms with Gasteiger partial charge in [-0.25, -0.2) is 0 Å². The smallest absolute Gasteiger partial charge is 0.230 e. The molecule has 4 nitrogen and oxygen atoms in total. The van der Waals surface area contributed by atoms with Crippen LogP contribution in [0.1, 0.15) is 51.1 Å². The molecule has 1 fully saturated rings. The van der Waals surface area contributed by atoms with Crippen molar-refractivity contribution in [3.63, 3.8) is 0 Å². The van der Waals surface area contributed by atoms with Crippen molar-refractivity contribution in [3.8, 4) is 11.5 Å². The van der Waals surface area contributed by atoms with Gasteiger partial charge in [0.1, 0.15) is 13.2 Å². The predicted molar refractivity (Wildman–Crippen MR) is 97.9 cm³/mol. The molecule has 1 atom stereocenters. The summed E-state index contributed by atoms with van der Waals surface area (Å²) in [7, 11) is 0. The van der Waals surface area contributed by atoms with Crippen LogP contribution in [-0.4, -0.2) is 30.1 Å². The normalized spacial score (nSPS) is 18.6. The molecule has 1 saturated carbocycles. The molecule has 24 heavy (non-hydrogen) atoms. The maximum atomic E-state index is 12.4. The molecule has 0 saturated heterocycles. The molecule has 1 aliphatic heterocycles. The Morgan fingerprint density at radius 3 is 2.62 bits per heavy atom. The quantitative estimate of drug-likeness (QED) is 0.845. The maximum Gasteiger partial charge on any atom is 0.230 e. The molecule has 132 valence electrons. The fourth-order valence-corrected chi connectivity index (χ4v) is 4.49. The second kappa shape index (κ2) is 8.15. The summed E-state index contributed by atoms with van der Waals surface area (Å²) in [4.78, 5) is 12.4. The lowest BCUT2D eigenvalue weighted by atomic mass is 9.95. The number of nitrogens with one attached hydrogen (secondary N) is 1. The van der Waals surface area contributed by atoms with Crippen LogP contribution in [0.25, 0.3) is 0 Å². The minimum absolute atomic E-state index is 0.00231. The van der Waals surface area contributed by atoms with Crippen molar-refractivity contribution in [2.75, 3.05) is 19.0 Å². The fourth-order valence-electron chi connectivity index (χ4n) is 3.35. The van der Waals surface area contributed by atoms with E-state index in [1.807, 2.05) is 30.0 Å². The zero-order valence-electron chi connectivity index (χ0n) is 14.5. The van der Waals surface area contributed by atoms with Gasteiger partial charge < -0.3 is 14.8 Å². The maximum absolute atomic E-state index is 12.4. The number of carbonyl (C=O) groups excluding carboxylic acids is 1. The first-order valence-corrected chi connectivity index (χ1v) is 9.99. The largest absolute Gasteiger partial charge is 0.486 e. The van der Waals surface area contributed by atoms with Crippen molar-refractivity contribution in [2.24, 2.45) is 5.92 Å². The third-order valence-corrected chi connectivity index (χ3v) is 6.03. The highest BCUT2D eigenvalue weighted by Crippen LogP contribution is 2.34. The molecule has 1 aromatic carbocycles. The number of benzene rings is 1. The number of hydrogen-bond donors (Lipinski definition) is 1. The number of rotatable bonds is 6. The van der Waals surface area contributed by atoms with Crippen LogP contribution in [-0.2, 0) is 4.79 Å². The number of thioether (sulfide) groups is 1. The summed E-state index contributed by atoms with van der Waals surface area (Å²) in [6, 6.07) is 5.97. The Kier molecular flexibility index (Phi) is 5.93. The topological polar surface area (TPSA) is 47.6 Å². The third-order valence-electron chi connectivity index (χ3n) is 4.66. The van der Waals surface area contributed by atoms with Crippen molar-refractivity contribution in [1.82, 2.24) is 5.32 Å². The van der Waals surface area contributed by atoms with Crippen LogP contribution in [0.15, 0.2) is 18.2 Å². The molecule has 5 heteroatoms. The first-order valence-electron chi connectivity index (χ1n) is 8.94. The molecule has 1 heterocycles. The molecule has 1 aromatic rings. The van der Waals surface area contributed by atoms with Gasteiger partial charge in [-0.05, 0) is 36.5 Å². The molecule has 0 radical (unpaired) electrons. The molecular formula is C19H27NO3S. The second-order valence-corrected chi connectivity index (χ2v) is 8.20. The van der Waals surface area contributed by atoms with E-state index in [0.29, 0.717) is 30.1 Å². The zero-order chi connectivity index (χ0) is 16.9. The number of carbonyl (C=O) groups is 1. The van der Waals surface area contributed by atoms with Gasteiger partial charge in [-0.1, -0.05) is 32.8 Å². The Morgan fingerprint density at radius 1 is 1.21 bits per heavy atom. The van der Waals surface area contributed by atoms with E-state index in [-0.39, 0.29) is 11.9 Å². The van der Waals surface area contributed by atoms with E-state index in [9.17, 15) is 4.79 Å². The molecule has 0 bridgehead atoms. The summed E-state index contributed by atoms with van der Waals surface area (Å²) in [5.41, 5.74) is 1.08. The Hall–Kier alpha value is -1.36. The summed E-state index contributed by atoms with van der Waals surface area (Å²) in [5.74, 6) is 2.56. The lowest BCUT2D eigenvalue weighted by Gasteiger charge is -2.25. The number of hydrogen-bond acceptors (Lipinski definition) is 4. The summed E-state index contributed by atoms with van der Waals surface area (Å²) < 4.78 is 11.3. The van der Waals surface area contributed by atoms with E-state index < -0.39 is 0 Å². The van der Waals surface area contributed by atoms with Crippen LogP contribution < -0.4 is 14.8 Å². The lowest BCUT2D eigenvalue weighted by Crippen LogP contribution is -2.33. The molecule has 3 rings (SSSR count). The van der Waals surface area contributed by atoms with Gasteiger partial charge in [0.15, 0.2) is 11.5 Å². The van der Waals surface area contributed by atoms with E-state index in [2.05, 4.69) is 19.2 Å². The molecule has 1 N–H and O–H groups in total. The number of ether oxygens (including phenoxy) is 2. The highest BCUT2D eigenvalue weighted by atomic mass is 32.2. The van der Waals surface area contributed by atoms with Crippen molar-refractivity contribution < 1.29 is 14.3 Å². The van der Waals surface area contributed by atoms with Gasteiger partial charge in [-0.3, -0.25) is 4.79 Å². The van der Waals surface area contributed by atoms with E-state index in [1.54, 1.807) is 0 Å². The standard InChI is InChI=1S/C19H27NO3S/c1-13(2)19(20-18(21)12-24-15-5-3-4-6-15)14-7-8-16-17(11-14)23-10-9-22-16/h7-8,11,13,15,19H,3-6,9-10,12H2,1-2H3,(H,20,21)/t19-/m1/s1. The molecule has 2 aliphatic rings. The minimum atomic E-state index is -0.00231. The zero-order valence-corrected chi connectivity index (χ0v) is 15.4. The highest BCUT2D eigenvalue weighted by Gasteiger charge is 2.22. The molecule has 0 spiro atoms. The van der Waals surface area contributed by atoms with Gasteiger partial charge >= 0.3 is 0 Å². The van der Waals surface area contributed by atoms with E-state index in [4.69, 9.17) is 9.47 Å². The summed E-state index contributed by atoms with van der Waals surface area (Å²) in [5, 5.41) is 3.88. The fraction of sp³-hybridized carbons (Fsp3) is 0.632. The Bertz CT molecular complexity index is 570. The highest BCUT2D eigenvalue weighted by molar-refractivity contribution is 8.00. The third kappa shape index (κ3) is 4.38. The average molecular weight is 349 g/mol. The van der Waals surface area contributed by atoms with Crippen LogP contribution in [0.3, 0.4) is 0 Å². The second-order valence-electron chi connectivity index (χ2n) is 6.91. The van der Waals surface area contributed by atoms with Crippen LogP contribution in [0.2, 0.25) is 0 Å². The van der Waals surface area contributed by atoms with Gasteiger partial charge in [-0.2, -0.15) is 0 Å². The summed E-state index contributed by atoms with van der Waals surface area (Å²) in [6.07, 6.45) is 5.14. The van der Waals surface area contributed by atoms with E-state index >= 15 is 0 Å². The Labute approximate surface area is 148 Å². The lowest BCUT2D eigenvalue weighted by molar-refractivity contribution is -0.119. The molecular weight excluding hydrogens is 322 g/mol. The van der Waals surface area contributed by atoms with Crippen LogP contribution in [0.4, 0.5) is 0 Å². The SMILES string of the molecule is CC(C)[C@@H](NC(=O)CSC1CCCC1)c1ccc2c(c1)OCCO2. The van der Waals surface area contributed by atoms with Gasteiger partial charge in [-0.15, -0.1) is 11.8 Å². The molecule has 0 unspecified atom stereocenters. The van der Waals surface area contributed by atoms with Crippen LogP contribution >= 0.6 is 11.8 Å². The van der Waals surface area contributed by atoms with Crippen molar-refractivity contribution in [3.05, 3.63) is 23.8 Å². The van der Waals surface area contributed by atoms with Gasteiger partial charge in [0.05, 0.1) is 11.8 Å². The molecule has 0 aromatic heterocycles. The van der Waals surface area contributed by atoms with Crippen molar-refractivity contribution >= 4 is 17.7 Å². The van der Waals surface area contributed by atoms with Gasteiger partial charge in [0, 0.05) is 5.25 Å². The predicted octanol–water partition coefficient (Wildman–Crippen LogP) is 3.95. The molecule has 1 aliphatic carbocycles. The number of fused-ring (bicyclic) bond motifs is 1. The monoisotopic (exact) mass is 349 g/mol. The summed E-state index contributed by atoms with van der Waals surface area (Å²) >= 11 is 1.81. The van der Waals surface area contributed by atoms with Crippen LogP contribution in [0, 0.1) is 5.92 Å². The summed E-state index contributed by atoms with van der Waals surface area (Å²) in [6.45, 7) is 5.43. The van der Waals surface area contributed by atoms with Crippen molar-refractivity contribution in [1.29, 1.82) is 0 Å². The van der Waals surface area contributed by atoms with E-state index in [0.717, 1.165) is 17.1 Å². The van der Waals surface area contributed by atoms with Gasteiger partial charge in [0.2, 0.25) is 5.91 Å². The minimum Gasteiger partial charge on any atom is -0.486 e. The first-order chi connectivity index (χ1) is 11.6.